The van der Waals surface area contributed by atoms with Gasteiger partial charge in [-0.15, -0.1) is 11.3 Å². The van der Waals surface area contributed by atoms with Gasteiger partial charge in [0.25, 0.3) is 5.91 Å². The van der Waals surface area contributed by atoms with Crippen molar-refractivity contribution in [1.29, 1.82) is 0 Å². The molecule has 1 aliphatic carbocycles. The highest BCUT2D eigenvalue weighted by atomic mass is 32.1. The molecule has 0 radical (unpaired) electrons. The first-order chi connectivity index (χ1) is 9.15. The van der Waals surface area contributed by atoms with Crippen LogP contribution in [-0.4, -0.2) is 12.5 Å². The van der Waals surface area contributed by atoms with Gasteiger partial charge in [-0.1, -0.05) is 12.8 Å². The molecule has 0 atom stereocenters. The highest BCUT2D eigenvalue weighted by molar-refractivity contribution is 7.21. The third-order valence-corrected chi connectivity index (χ3v) is 4.62. The van der Waals surface area contributed by atoms with Gasteiger partial charge in [-0.2, -0.15) is 0 Å². The van der Waals surface area contributed by atoms with Crippen molar-refractivity contribution in [2.75, 3.05) is 12.3 Å². The summed E-state index contributed by atoms with van der Waals surface area (Å²) in [5.41, 5.74) is 6.31. The van der Waals surface area contributed by atoms with Crippen LogP contribution in [0.2, 0.25) is 0 Å². The number of nitrogen functional groups attached to an aromatic ring is 1. The van der Waals surface area contributed by atoms with Crippen LogP contribution < -0.4 is 11.1 Å². The van der Waals surface area contributed by atoms with E-state index in [-0.39, 0.29) is 11.7 Å². The third-order valence-electron chi connectivity index (χ3n) is 3.43. The molecule has 1 aromatic heterocycles. The van der Waals surface area contributed by atoms with Crippen molar-refractivity contribution in [1.82, 2.24) is 5.32 Å². The Kier molecular flexibility index (Phi) is 3.14. The lowest BCUT2D eigenvalue weighted by Crippen LogP contribution is -2.24. The molecule has 0 spiro atoms. The van der Waals surface area contributed by atoms with E-state index in [0.29, 0.717) is 22.5 Å². The number of fused-ring (bicyclic) bond motifs is 1. The minimum Gasteiger partial charge on any atom is -0.397 e. The molecule has 1 amide bonds. The average molecular weight is 278 g/mol. The second-order valence-electron chi connectivity index (χ2n) is 4.97. The molecule has 1 heterocycles. The molecule has 5 heteroatoms. The number of halogens is 1. The SMILES string of the molecule is Nc1c(C(=O)NCCC2CC2)sc2ccc(F)cc12. The zero-order chi connectivity index (χ0) is 13.4. The van der Waals surface area contributed by atoms with E-state index in [1.54, 1.807) is 6.07 Å². The van der Waals surface area contributed by atoms with Gasteiger partial charge >= 0.3 is 0 Å². The lowest BCUT2D eigenvalue weighted by Gasteiger charge is -2.03. The van der Waals surface area contributed by atoms with Gasteiger partial charge < -0.3 is 11.1 Å². The summed E-state index contributed by atoms with van der Waals surface area (Å²) in [6.45, 7) is 0.686. The van der Waals surface area contributed by atoms with Crippen LogP contribution in [0.3, 0.4) is 0 Å². The van der Waals surface area contributed by atoms with Crippen LogP contribution in [0.5, 0.6) is 0 Å². The first kappa shape index (κ1) is 12.4. The smallest absolute Gasteiger partial charge is 0.263 e. The van der Waals surface area contributed by atoms with Crippen molar-refractivity contribution < 1.29 is 9.18 Å². The number of hydrogen-bond donors (Lipinski definition) is 2. The lowest BCUT2D eigenvalue weighted by atomic mass is 10.2. The lowest BCUT2D eigenvalue weighted by molar-refractivity contribution is 0.0957. The molecule has 1 fully saturated rings. The van der Waals surface area contributed by atoms with E-state index in [4.69, 9.17) is 5.73 Å². The summed E-state index contributed by atoms with van der Waals surface area (Å²) in [6, 6.07) is 4.42. The molecule has 19 heavy (non-hydrogen) atoms. The zero-order valence-electron chi connectivity index (χ0n) is 10.4. The Hall–Kier alpha value is -1.62. The van der Waals surface area contributed by atoms with Gasteiger partial charge in [0.15, 0.2) is 0 Å². The summed E-state index contributed by atoms with van der Waals surface area (Å²) >= 11 is 1.31. The molecule has 1 aliphatic rings. The van der Waals surface area contributed by atoms with E-state index >= 15 is 0 Å². The van der Waals surface area contributed by atoms with Gasteiger partial charge in [0, 0.05) is 16.6 Å². The molecular formula is C14H15FN2OS. The van der Waals surface area contributed by atoms with Gasteiger partial charge in [0.05, 0.1) is 5.69 Å². The summed E-state index contributed by atoms with van der Waals surface area (Å²) in [6.07, 6.45) is 3.59. The molecule has 0 aliphatic heterocycles. The number of benzene rings is 1. The van der Waals surface area contributed by atoms with Gasteiger partial charge in [-0.05, 0) is 30.5 Å². The van der Waals surface area contributed by atoms with Crippen LogP contribution in [0.15, 0.2) is 18.2 Å². The fourth-order valence-electron chi connectivity index (χ4n) is 2.13. The molecule has 1 aromatic carbocycles. The van der Waals surface area contributed by atoms with Crippen LogP contribution in [-0.2, 0) is 0 Å². The normalized spacial score (nSPS) is 14.8. The Bertz CT molecular complexity index is 634. The summed E-state index contributed by atoms with van der Waals surface area (Å²) in [7, 11) is 0. The highest BCUT2D eigenvalue weighted by Gasteiger charge is 2.21. The second-order valence-corrected chi connectivity index (χ2v) is 6.03. The Balaban J connectivity index is 1.78. The number of nitrogens with one attached hydrogen (secondary N) is 1. The largest absolute Gasteiger partial charge is 0.397 e. The summed E-state index contributed by atoms with van der Waals surface area (Å²) < 4.78 is 14.0. The zero-order valence-corrected chi connectivity index (χ0v) is 11.2. The fourth-order valence-corrected chi connectivity index (χ4v) is 3.15. The maximum Gasteiger partial charge on any atom is 0.263 e. The maximum absolute atomic E-state index is 13.2. The average Bonchev–Trinajstić information content (AvgIpc) is 3.15. The van der Waals surface area contributed by atoms with Crippen molar-refractivity contribution >= 4 is 33.0 Å². The van der Waals surface area contributed by atoms with E-state index < -0.39 is 0 Å². The van der Waals surface area contributed by atoms with Crippen LogP contribution in [0.4, 0.5) is 10.1 Å². The van der Waals surface area contributed by atoms with Crippen molar-refractivity contribution in [2.45, 2.75) is 19.3 Å². The van der Waals surface area contributed by atoms with Crippen molar-refractivity contribution in [3.8, 4) is 0 Å². The number of thiophene rings is 1. The predicted molar refractivity (Wildman–Crippen MR) is 75.9 cm³/mol. The second kappa shape index (κ2) is 4.81. The maximum atomic E-state index is 13.2. The van der Waals surface area contributed by atoms with Gasteiger partial charge in [-0.25, -0.2) is 4.39 Å². The van der Waals surface area contributed by atoms with Gasteiger partial charge in [0.2, 0.25) is 0 Å². The van der Waals surface area contributed by atoms with E-state index in [0.717, 1.165) is 17.0 Å². The molecule has 1 saturated carbocycles. The molecular weight excluding hydrogens is 263 g/mol. The third kappa shape index (κ3) is 2.56. The Morgan fingerprint density at radius 1 is 1.47 bits per heavy atom. The minimum atomic E-state index is -0.335. The van der Waals surface area contributed by atoms with Crippen molar-refractivity contribution in [3.05, 3.63) is 28.9 Å². The highest BCUT2D eigenvalue weighted by Crippen LogP contribution is 2.34. The number of hydrogen-bond acceptors (Lipinski definition) is 3. The van der Waals surface area contributed by atoms with E-state index in [1.165, 1.54) is 36.3 Å². The number of amides is 1. The fraction of sp³-hybridized carbons (Fsp3) is 0.357. The van der Waals surface area contributed by atoms with Crippen LogP contribution in [0.1, 0.15) is 28.9 Å². The number of carbonyl (C=O) groups excluding carboxylic acids is 1. The monoisotopic (exact) mass is 278 g/mol. The first-order valence-corrected chi connectivity index (χ1v) is 7.22. The van der Waals surface area contributed by atoms with E-state index in [1.807, 2.05) is 0 Å². The van der Waals surface area contributed by atoms with Crippen LogP contribution >= 0.6 is 11.3 Å². The topological polar surface area (TPSA) is 55.1 Å². The van der Waals surface area contributed by atoms with Crippen LogP contribution in [0, 0.1) is 11.7 Å². The first-order valence-electron chi connectivity index (χ1n) is 6.41. The molecule has 0 saturated heterocycles. The van der Waals surface area contributed by atoms with Crippen molar-refractivity contribution in [3.63, 3.8) is 0 Å². The van der Waals surface area contributed by atoms with E-state index in [9.17, 15) is 9.18 Å². The molecule has 0 bridgehead atoms. The summed E-state index contributed by atoms with van der Waals surface area (Å²) in [5.74, 6) is 0.298. The molecule has 3 N–H and O–H groups in total. The molecule has 3 nitrogen and oxygen atoms in total. The Morgan fingerprint density at radius 3 is 3.00 bits per heavy atom. The van der Waals surface area contributed by atoms with Crippen molar-refractivity contribution in [2.24, 2.45) is 5.92 Å². The van der Waals surface area contributed by atoms with Crippen LogP contribution in [0.25, 0.3) is 10.1 Å². The van der Waals surface area contributed by atoms with E-state index in [2.05, 4.69) is 5.32 Å². The quantitative estimate of drug-likeness (QED) is 0.902. The molecule has 0 unspecified atom stereocenters. The van der Waals surface area contributed by atoms with Gasteiger partial charge in [0.1, 0.15) is 10.7 Å². The molecule has 2 aromatic rings. The Labute approximate surface area is 114 Å². The number of rotatable bonds is 4. The Morgan fingerprint density at radius 2 is 2.26 bits per heavy atom. The predicted octanol–water partition coefficient (Wildman–Crippen LogP) is 3.15. The standard InChI is InChI=1S/C14H15FN2OS/c15-9-3-4-11-10(7-9)12(16)13(19-11)14(18)17-6-5-8-1-2-8/h3-4,7-8H,1-2,5-6,16H2,(H,17,18). The minimum absolute atomic E-state index is 0.153. The molecule has 3 rings (SSSR count). The number of carbonyl (C=O) groups is 1. The number of anilines is 1. The number of nitrogens with two attached hydrogens (primary N) is 1. The molecule has 100 valence electrons. The summed E-state index contributed by atoms with van der Waals surface area (Å²) in [5, 5.41) is 3.51. The summed E-state index contributed by atoms with van der Waals surface area (Å²) in [4.78, 5) is 12.5. The van der Waals surface area contributed by atoms with Gasteiger partial charge in [-0.3, -0.25) is 4.79 Å².